The van der Waals surface area contributed by atoms with Gasteiger partial charge in [0.25, 0.3) is 0 Å². The highest BCUT2D eigenvalue weighted by Gasteiger charge is 2.34. The number of carbonyl (C=O) groups is 3. The molecule has 2 aliphatic rings. The number of ketones is 2. The maximum atomic E-state index is 12.7. The Hall–Kier alpha value is -3.65. The van der Waals surface area contributed by atoms with E-state index in [2.05, 4.69) is 9.97 Å². The van der Waals surface area contributed by atoms with E-state index in [1.54, 1.807) is 11.0 Å². The van der Waals surface area contributed by atoms with E-state index in [1.807, 2.05) is 35.0 Å². The van der Waals surface area contributed by atoms with Crippen molar-refractivity contribution in [1.29, 1.82) is 0 Å². The van der Waals surface area contributed by atoms with Crippen molar-refractivity contribution < 1.29 is 19.1 Å². The molecule has 3 heterocycles. The summed E-state index contributed by atoms with van der Waals surface area (Å²) in [6, 6.07) is 7.61. The van der Waals surface area contributed by atoms with Crippen molar-refractivity contribution >= 4 is 34.5 Å². The molecule has 2 aromatic heterocycles. The lowest BCUT2D eigenvalue weighted by Crippen LogP contribution is -2.42. The molecule has 1 aliphatic carbocycles. The van der Waals surface area contributed by atoms with Crippen LogP contribution in [0.3, 0.4) is 0 Å². The van der Waals surface area contributed by atoms with Gasteiger partial charge >= 0.3 is 0 Å². The standard InChI is InChI=1S/C22H18N4O4/c27-19(25-5-7-30-8-6-25)12-26-11-14(15-3-1-2-4-18(15)26)9-16-21(28)17-10-23-13-24-20(17)22(16)29/h1-4,9-11,13H,5-8,12H2/b16-9+. The van der Waals surface area contributed by atoms with E-state index in [0.29, 0.717) is 31.9 Å². The second kappa shape index (κ2) is 7.31. The number of morpholine rings is 1. The number of hydrogen-bond donors (Lipinski definition) is 0. The van der Waals surface area contributed by atoms with Crippen LogP contribution in [-0.4, -0.2) is 63.2 Å². The fourth-order valence-corrected chi connectivity index (χ4v) is 3.92. The van der Waals surface area contributed by atoms with E-state index in [0.717, 1.165) is 10.9 Å². The number of fused-ring (bicyclic) bond motifs is 2. The molecule has 0 saturated carbocycles. The predicted octanol–water partition coefficient (Wildman–Crippen LogP) is 1.75. The molecule has 8 heteroatoms. The first kappa shape index (κ1) is 18.4. The average molecular weight is 402 g/mol. The summed E-state index contributed by atoms with van der Waals surface area (Å²) in [5.74, 6) is -0.774. The molecule has 0 unspecified atom stereocenters. The maximum absolute atomic E-state index is 12.7. The summed E-state index contributed by atoms with van der Waals surface area (Å²) in [6.45, 7) is 2.43. The third-order valence-electron chi connectivity index (χ3n) is 5.45. The minimum Gasteiger partial charge on any atom is -0.378 e. The Morgan fingerprint density at radius 3 is 2.73 bits per heavy atom. The summed E-state index contributed by atoms with van der Waals surface area (Å²) in [5, 5.41) is 0.863. The van der Waals surface area contributed by atoms with E-state index in [1.165, 1.54) is 12.5 Å². The molecular weight excluding hydrogens is 384 g/mol. The Labute approximate surface area is 171 Å². The number of amides is 1. The number of para-hydroxylation sites is 1. The summed E-state index contributed by atoms with van der Waals surface area (Å²) in [7, 11) is 0. The number of benzene rings is 1. The van der Waals surface area contributed by atoms with Gasteiger partial charge in [-0.1, -0.05) is 18.2 Å². The van der Waals surface area contributed by atoms with Crippen molar-refractivity contribution in [3.05, 3.63) is 65.4 Å². The zero-order valence-corrected chi connectivity index (χ0v) is 16.1. The predicted molar refractivity (Wildman–Crippen MR) is 108 cm³/mol. The van der Waals surface area contributed by atoms with Gasteiger partial charge in [0.05, 0.1) is 24.4 Å². The molecule has 0 bridgehead atoms. The van der Waals surface area contributed by atoms with E-state index < -0.39 is 5.78 Å². The van der Waals surface area contributed by atoms with Gasteiger partial charge in [0, 0.05) is 41.9 Å². The Morgan fingerprint density at radius 1 is 1.13 bits per heavy atom. The minimum atomic E-state index is -0.404. The third-order valence-corrected chi connectivity index (χ3v) is 5.45. The largest absolute Gasteiger partial charge is 0.378 e. The summed E-state index contributed by atoms with van der Waals surface area (Å²) in [4.78, 5) is 47.7. The summed E-state index contributed by atoms with van der Waals surface area (Å²) in [6.07, 6.45) is 6.03. The molecule has 1 aliphatic heterocycles. The first-order valence-electron chi connectivity index (χ1n) is 9.68. The van der Waals surface area contributed by atoms with Gasteiger partial charge in [-0.15, -0.1) is 0 Å². The molecule has 30 heavy (non-hydrogen) atoms. The molecule has 1 amide bonds. The van der Waals surface area contributed by atoms with Crippen LogP contribution in [-0.2, 0) is 16.1 Å². The highest BCUT2D eigenvalue weighted by Crippen LogP contribution is 2.29. The van der Waals surface area contributed by atoms with Crippen LogP contribution in [0.1, 0.15) is 26.4 Å². The molecule has 0 spiro atoms. The molecule has 5 rings (SSSR count). The lowest BCUT2D eigenvalue weighted by atomic mass is 10.1. The average Bonchev–Trinajstić information content (AvgIpc) is 3.25. The fraction of sp³-hybridized carbons (Fsp3) is 0.227. The van der Waals surface area contributed by atoms with Crippen LogP contribution in [0, 0.1) is 0 Å². The van der Waals surface area contributed by atoms with E-state index >= 15 is 0 Å². The topological polar surface area (TPSA) is 94.4 Å². The monoisotopic (exact) mass is 402 g/mol. The van der Waals surface area contributed by atoms with Crippen molar-refractivity contribution in [2.75, 3.05) is 26.3 Å². The van der Waals surface area contributed by atoms with Crippen molar-refractivity contribution in [1.82, 2.24) is 19.4 Å². The van der Waals surface area contributed by atoms with Gasteiger partial charge < -0.3 is 14.2 Å². The molecule has 1 aromatic carbocycles. The zero-order chi connectivity index (χ0) is 20.7. The molecule has 1 saturated heterocycles. The van der Waals surface area contributed by atoms with Gasteiger partial charge in [-0.05, 0) is 12.1 Å². The van der Waals surface area contributed by atoms with E-state index in [4.69, 9.17) is 4.74 Å². The molecule has 150 valence electrons. The van der Waals surface area contributed by atoms with Gasteiger partial charge in [-0.25, -0.2) is 9.97 Å². The van der Waals surface area contributed by atoms with Gasteiger partial charge in [-0.2, -0.15) is 0 Å². The summed E-state index contributed by atoms with van der Waals surface area (Å²) in [5.41, 5.74) is 1.99. The molecule has 8 nitrogen and oxygen atoms in total. The Morgan fingerprint density at radius 2 is 1.93 bits per heavy atom. The van der Waals surface area contributed by atoms with Gasteiger partial charge in [0.2, 0.25) is 17.5 Å². The number of hydrogen-bond acceptors (Lipinski definition) is 6. The van der Waals surface area contributed by atoms with Gasteiger partial charge in [-0.3, -0.25) is 14.4 Å². The minimum absolute atomic E-state index is 0.00829. The Kier molecular flexibility index (Phi) is 4.48. The SMILES string of the molecule is O=C1/C(=C\c2cn(CC(=O)N3CCOCC3)c3ccccc23)C(=O)c2ncncc21. The first-order valence-corrected chi connectivity index (χ1v) is 9.68. The third kappa shape index (κ3) is 3.02. The number of aromatic nitrogens is 3. The number of carbonyl (C=O) groups excluding carboxylic acids is 3. The maximum Gasteiger partial charge on any atom is 0.242 e. The van der Waals surface area contributed by atoms with Crippen molar-refractivity contribution in [2.45, 2.75) is 6.54 Å². The fourth-order valence-electron chi connectivity index (χ4n) is 3.92. The van der Waals surface area contributed by atoms with Crippen LogP contribution in [0.15, 0.2) is 48.6 Å². The Bertz CT molecular complexity index is 1180. The van der Waals surface area contributed by atoms with Crippen molar-refractivity contribution in [3.8, 4) is 0 Å². The van der Waals surface area contributed by atoms with Crippen LogP contribution < -0.4 is 0 Å². The quantitative estimate of drug-likeness (QED) is 0.489. The normalized spacial score (nSPS) is 17.7. The highest BCUT2D eigenvalue weighted by atomic mass is 16.5. The van der Waals surface area contributed by atoms with Crippen LogP contribution >= 0.6 is 0 Å². The molecule has 0 N–H and O–H groups in total. The second-order valence-electron chi connectivity index (χ2n) is 7.22. The molecule has 3 aromatic rings. The summed E-state index contributed by atoms with van der Waals surface area (Å²) >= 11 is 0. The van der Waals surface area contributed by atoms with Crippen LogP contribution in [0.25, 0.3) is 17.0 Å². The number of nitrogens with zero attached hydrogens (tertiary/aromatic N) is 4. The number of Topliss-reactive ketones (excluding diaryl/α,β-unsaturated/α-hetero) is 2. The van der Waals surface area contributed by atoms with Crippen LogP contribution in [0.5, 0.6) is 0 Å². The van der Waals surface area contributed by atoms with Crippen molar-refractivity contribution in [2.24, 2.45) is 0 Å². The lowest BCUT2D eigenvalue weighted by Gasteiger charge is -2.27. The Balaban J connectivity index is 1.52. The number of ether oxygens (including phenoxy) is 1. The highest BCUT2D eigenvalue weighted by molar-refractivity contribution is 6.40. The zero-order valence-electron chi connectivity index (χ0n) is 16.1. The number of allylic oxidation sites excluding steroid dienone is 1. The number of rotatable bonds is 3. The summed E-state index contributed by atoms with van der Waals surface area (Å²) < 4.78 is 7.17. The molecule has 1 fully saturated rings. The van der Waals surface area contributed by atoms with Gasteiger partial charge in [0.1, 0.15) is 18.6 Å². The van der Waals surface area contributed by atoms with E-state index in [9.17, 15) is 14.4 Å². The van der Waals surface area contributed by atoms with Gasteiger partial charge in [0.15, 0.2) is 0 Å². The molecular formula is C22H18N4O4. The lowest BCUT2D eigenvalue weighted by molar-refractivity contribution is -0.135. The molecule has 0 radical (unpaired) electrons. The van der Waals surface area contributed by atoms with E-state index in [-0.39, 0.29) is 35.1 Å². The first-order chi connectivity index (χ1) is 14.6. The van der Waals surface area contributed by atoms with Crippen molar-refractivity contribution in [3.63, 3.8) is 0 Å². The smallest absolute Gasteiger partial charge is 0.242 e. The molecule has 0 atom stereocenters. The van der Waals surface area contributed by atoms with Crippen LogP contribution in [0.2, 0.25) is 0 Å². The van der Waals surface area contributed by atoms with Crippen LogP contribution in [0.4, 0.5) is 0 Å². The second-order valence-corrected chi connectivity index (χ2v) is 7.22.